The summed E-state index contributed by atoms with van der Waals surface area (Å²) < 4.78 is 40.5. The molecular weight excluding hydrogens is 443 g/mol. The molecule has 0 radical (unpaired) electrons. The van der Waals surface area contributed by atoms with E-state index in [2.05, 4.69) is 0 Å². The molecule has 0 unspecified atom stereocenters. The molecule has 0 spiro atoms. The van der Waals surface area contributed by atoms with E-state index in [1.54, 1.807) is 0 Å². The fourth-order valence-corrected chi connectivity index (χ4v) is 0. The quantitative estimate of drug-likeness (QED) is 0.116. The summed E-state index contributed by atoms with van der Waals surface area (Å²) in [6, 6.07) is 0. The Morgan fingerprint density at radius 2 is 0.947 bits per heavy atom. The summed E-state index contributed by atoms with van der Waals surface area (Å²) >= 11 is 0. The fraction of sp³-hybridized carbons (Fsp3) is 0.500. The summed E-state index contributed by atoms with van der Waals surface area (Å²) in [5.41, 5.74) is 0. The molecule has 0 saturated heterocycles. The van der Waals surface area contributed by atoms with Crippen LogP contribution in [0.3, 0.4) is 0 Å². The molecule has 0 fully saturated rings. The average molecular weight is 461 g/mol. The third-order valence-electron chi connectivity index (χ3n) is 0. The Bertz CT molecular complexity index is 282. The molecule has 6 N–H and O–H groups in total. The second-order valence-corrected chi connectivity index (χ2v) is 3.40. The molecule has 112 valence electrons. The van der Waals surface area contributed by atoms with Crippen molar-refractivity contribution in [1.82, 2.24) is 0 Å². The average Bonchev–Trinajstić information content (AvgIpc) is 1.45. The van der Waals surface area contributed by atoms with Gasteiger partial charge in [0.05, 0.1) is 0 Å². The molecule has 0 aromatic heterocycles. The normalized spacial score (nSPS) is 7.47. The van der Waals surface area contributed by atoms with Gasteiger partial charge in [-0.05, 0) is 0 Å². The molecule has 19 heavy (non-hydrogen) atoms. The van der Waals surface area contributed by atoms with Crippen LogP contribution in [-0.4, -0.2) is 194 Å². The van der Waals surface area contributed by atoms with E-state index in [1.807, 2.05) is 0 Å². The van der Waals surface area contributed by atoms with Crippen molar-refractivity contribution in [2.75, 3.05) is 0 Å². The van der Waals surface area contributed by atoms with E-state index in [0.717, 1.165) is 6.92 Å². The van der Waals surface area contributed by atoms with E-state index < -0.39 is 24.2 Å². The standard InChI is InChI=1S/C2H4O2.4Ca.ClH.H3O4P.H2O4S.8H/c1-2(3)4;;;;;;2*1-5(2,3)4;;;;;;;;/h1H3,(H,3,4);;;;;1H;(H3,1,2,3,4);(H2,1,2,3,4);;;;;;;;. The predicted molar refractivity (Wildman–Crippen MR) is 83.2 cm³/mol. The number of carbonyl (C=O) groups is 1. The monoisotopic (exact) mass is 460 g/mol. The van der Waals surface area contributed by atoms with Crippen molar-refractivity contribution in [3.63, 3.8) is 0 Å². The number of phosphoric acid groups is 1. The van der Waals surface area contributed by atoms with E-state index in [4.69, 9.17) is 46.7 Å². The van der Waals surface area contributed by atoms with Gasteiger partial charge in [-0.2, -0.15) is 8.42 Å². The van der Waals surface area contributed by atoms with Gasteiger partial charge in [0.15, 0.2) is 0 Å². The van der Waals surface area contributed by atoms with Crippen molar-refractivity contribution in [3.05, 3.63) is 0 Å². The molecule has 0 aromatic rings. The summed E-state index contributed by atoms with van der Waals surface area (Å²) in [5, 5.41) is 7.42. The molecule has 0 aliphatic heterocycles. The molecule has 17 heteroatoms. The summed E-state index contributed by atoms with van der Waals surface area (Å²) in [6.45, 7) is 1.08. The van der Waals surface area contributed by atoms with Crippen molar-refractivity contribution in [2.45, 2.75) is 6.92 Å². The van der Waals surface area contributed by atoms with Gasteiger partial charge in [-0.1, -0.05) is 0 Å². The summed E-state index contributed by atoms with van der Waals surface area (Å²) in [4.78, 5) is 30.6. The van der Waals surface area contributed by atoms with Crippen LogP contribution in [0.25, 0.3) is 0 Å². The van der Waals surface area contributed by atoms with Crippen molar-refractivity contribution in [2.24, 2.45) is 0 Å². The van der Waals surface area contributed by atoms with E-state index in [0.29, 0.717) is 0 Å². The van der Waals surface area contributed by atoms with Crippen LogP contribution in [0.15, 0.2) is 0 Å². The van der Waals surface area contributed by atoms with Crippen molar-refractivity contribution in [1.29, 1.82) is 0 Å². The van der Waals surface area contributed by atoms with E-state index >= 15 is 0 Å². The van der Waals surface area contributed by atoms with Crippen molar-refractivity contribution < 1.29 is 46.7 Å². The number of rotatable bonds is 0. The van der Waals surface area contributed by atoms with Gasteiger partial charge in [-0.3, -0.25) is 13.9 Å². The predicted octanol–water partition coefficient (Wildman–Crippen LogP) is -4.73. The Balaban J connectivity index is -0.0000000141. The number of hydrogen-bond acceptors (Lipinski definition) is 4. The number of aliphatic carboxylic acids is 1. The third-order valence-corrected chi connectivity index (χ3v) is 0. The molecule has 0 aromatic carbocycles. The zero-order valence-corrected chi connectivity index (χ0v) is 9.61. The molecule has 0 atom stereocenters. The van der Waals surface area contributed by atoms with Crippen LogP contribution in [0.4, 0.5) is 0 Å². The van der Waals surface area contributed by atoms with Crippen molar-refractivity contribution >= 4 is 188 Å². The first kappa shape index (κ1) is 49.6. The minimum absolute atomic E-state index is 0. The molecule has 0 heterocycles. The summed E-state index contributed by atoms with van der Waals surface area (Å²) in [7, 11) is -9.31. The molecule has 0 aliphatic carbocycles. The molecule has 0 saturated carbocycles. The van der Waals surface area contributed by atoms with Gasteiger partial charge in [0.25, 0.3) is 5.97 Å². The first-order valence-corrected chi connectivity index (χ1v) is 5.37. The number of carboxylic acids is 1. The molecule has 0 bridgehead atoms. The van der Waals surface area contributed by atoms with Crippen LogP contribution in [-0.2, 0) is 19.8 Å². The Kier molecular flexibility index (Phi) is 72.0. The van der Waals surface area contributed by atoms with Crippen LogP contribution in [0.2, 0.25) is 0 Å². The third kappa shape index (κ3) is 431. The zero-order chi connectivity index (χ0) is 12.6. The van der Waals surface area contributed by atoms with Gasteiger partial charge in [0.2, 0.25) is 0 Å². The number of halogens is 1. The Labute approximate surface area is 235 Å². The van der Waals surface area contributed by atoms with Gasteiger partial charge >= 0.3 is 169 Å². The summed E-state index contributed by atoms with van der Waals surface area (Å²) in [5.74, 6) is -0.833. The first-order valence-electron chi connectivity index (χ1n) is 2.41. The number of carboxylic acid groups (broad SMARTS) is 1. The molecule has 10 nitrogen and oxygen atoms in total. The maximum absolute atomic E-state index is 9.00. The Morgan fingerprint density at radius 3 is 0.947 bits per heavy atom. The van der Waals surface area contributed by atoms with E-state index in [1.165, 1.54) is 0 Å². The number of hydrogen-bond donors (Lipinski definition) is 6. The Morgan fingerprint density at radius 1 is 0.947 bits per heavy atom. The minimum atomic E-state index is -4.67. The molecule has 0 rings (SSSR count). The SMILES string of the molecule is CC(=O)O.Cl.O=P(O)(O)O.O=S(=O)(O)O.[CaH2].[CaH2].[CaH2].[CaH2]. The van der Waals surface area contributed by atoms with Crippen LogP contribution >= 0.6 is 20.2 Å². The van der Waals surface area contributed by atoms with Gasteiger partial charge < -0.3 is 19.8 Å². The molecule has 0 aliphatic rings. The maximum atomic E-state index is 9.00. The Hall–Kier alpha value is 4.78. The van der Waals surface area contributed by atoms with Crippen LogP contribution in [0.1, 0.15) is 6.92 Å². The van der Waals surface area contributed by atoms with E-state index in [9.17, 15) is 0 Å². The van der Waals surface area contributed by atoms with Gasteiger partial charge in [0, 0.05) is 6.92 Å². The first-order chi connectivity index (χ1) is 5.73. The summed E-state index contributed by atoms with van der Waals surface area (Å²) in [6.07, 6.45) is 0. The molecular formula is C2H18Ca4ClO10PS. The van der Waals surface area contributed by atoms with E-state index in [-0.39, 0.29) is 163 Å². The molecule has 0 amide bonds. The van der Waals surface area contributed by atoms with Crippen LogP contribution < -0.4 is 0 Å². The topological polar surface area (TPSA) is 190 Å². The second kappa shape index (κ2) is 27.6. The van der Waals surface area contributed by atoms with Gasteiger partial charge in [-0.25, -0.2) is 4.57 Å². The van der Waals surface area contributed by atoms with Gasteiger partial charge in [-0.15, -0.1) is 12.4 Å². The van der Waals surface area contributed by atoms with Crippen molar-refractivity contribution in [3.8, 4) is 0 Å². The van der Waals surface area contributed by atoms with Gasteiger partial charge in [0.1, 0.15) is 0 Å². The fourth-order valence-electron chi connectivity index (χ4n) is 0. The zero-order valence-electron chi connectivity index (χ0n) is 7.08. The second-order valence-electron chi connectivity index (χ2n) is 1.48. The van der Waals surface area contributed by atoms with Crippen LogP contribution in [0.5, 0.6) is 0 Å². The van der Waals surface area contributed by atoms with Crippen LogP contribution in [0, 0.1) is 0 Å².